The molecule has 0 spiro atoms. The third kappa shape index (κ3) is 2.29. The Balaban J connectivity index is 1.83. The summed E-state index contributed by atoms with van der Waals surface area (Å²) in [5, 5.41) is 4.28. The molecule has 2 aromatic rings. The Bertz CT molecular complexity index is 545. The maximum absolute atomic E-state index is 10.7. The standard InChI is InChI=1S/C13H15N5O/c19-11-16-6-8-17(9-7-16)13-14-10-15-18(13)12-4-2-1-3-5-12/h1-5,10-11H,6-9H2. The lowest BCUT2D eigenvalue weighted by molar-refractivity contribution is -0.118. The van der Waals surface area contributed by atoms with E-state index >= 15 is 0 Å². The van der Waals surface area contributed by atoms with Crippen LogP contribution in [0, 0.1) is 0 Å². The van der Waals surface area contributed by atoms with Crippen molar-refractivity contribution in [1.29, 1.82) is 0 Å². The number of hydrogen-bond acceptors (Lipinski definition) is 4. The second kappa shape index (κ2) is 5.09. The zero-order valence-electron chi connectivity index (χ0n) is 10.5. The van der Waals surface area contributed by atoms with Gasteiger partial charge in [-0.2, -0.15) is 14.8 Å². The molecule has 0 N–H and O–H groups in total. The molecule has 2 heterocycles. The van der Waals surface area contributed by atoms with Gasteiger partial charge in [-0.25, -0.2) is 0 Å². The van der Waals surface area contributed by atoms with Crippen molar-refractivity contribution in [2.75, 3.05) is 31.1 Å². The van der Waals surface area contributed by atoms with E-state index in [2.05, 4.69) is 15.0 Å². The molecule has 6 nitrogen and oxygen atoms in total. The molecule has 0 unspecified atom stereocenters. The van der Waals surface area contributed by atoms with Crippen LogP contribution in [0.2, 0.25) is 0 Å². The Kier molecular flexibility index (Phi) is 3.14. The van der Waals surface area contributed by atoms with Crippen molar-refractivity contribution in [2.45, 2.75) is 0 Å². The summed E-state index contributed by atoms with van der Waals surface area (Å²) in [6, 6.07) is 9.93. The third-order valence-corrected chi connectivity index (χ3v) is 3.28. The molecule has 1 aliphatic rings. The van der Waals surface area contributed by atoms with Crippen molar-refractivity contribution < 1.29 is 4.79 Å². The fourth-order valence-electron chi connectivity index (χ4n) is 2.23. The van der Waals surface area contributed by atoms with Crippen LogP contribution in [-0.2, 0) is 4.79 Å². The van der Waals surface area contributed by atoms with E-state index < -0.39 is 0 Å². The van der Waals surface area contributed by atoms with Crippen molar-refractivity contribution in [1.82, 2.24) is 19.7 Å². The Morgan fingerprint density at radius 2 is 1.79 bits per heavy atom. The van der Waals surface area contributed by atoms with Crippen LogP contribution in [0.3, 0.4) is 0 Å². The predicted molar refractivity (Wildman–Crippen MR) is 71.2 cm³/mol. The summed E-state index contributed by atoms with van der Waals surface area (Å²) in [7, 11) is 0. The molecule has 1 aromatic heterocycles. The summed E-state index contributed by atoms with van der Waals surface area (Å²) in [5.41, 5.74) is 0.993. The molecule has 98 valence electrons. The molecule has 6 heteroatoms. The van der Waals surface area contributed by atoms with Gasteiger partial charge in [0.25, 0.3) is 0 Å². The number of rotatable bonds is 3. The monoisotopic (exact) mass is 257 g/mol. The van der Waals surface area contributed by atoms with Crippen LogP contribution in [0.4, 0.5) is 5.95 Å². The van der Waals surface area contributed by atoms with E-state index in [1.165, 1.54) is 0 Å². The number of nitrogens with zero attached hydrogens (tertiary/aromatic N) is 5. The van der Waals surface area contributed by atoms with E-state index in [1.54, 1.807) is 11.2 Å². The van der Waals surface area contributed by atoms with Crippen molar-refractivity contribution in [3.05, 3.63) is 36.7 Å². The maximum Gasteiger partial charge on any atom is 0.228 e. The first-order chi connectivity index (χ1) is 9.38. The van der Waals surface area contributed by atoms with Crippen molar-refractivity contribution in [2.24, 2.45) is 0 Å². The van der Waals surface area contributed by atoms with Gasteiger partial charge in [-0.15, -0.1) is 0 Å². The topological polar surface area (TPSA) is 54.3 Å². The number of carbonyl (C=O) groups is 1. The molecular formula is C13H15N5O. The minimum Gasteiger partial charge on any atom is -0.342 e. The molecule has 3 rings (SSSR count). The van der Waals surface area contributed by atoms with Crippen LogP contribution in [0.5, 0.6) is 0 Å². The fraction of sp³-hybridized carbons (Fsp3) is 0.308. The molecule has 0 aliphatic carbocycles. The number of carbonyl (C=O) groups excluding carboxylic acids is 1. The highest BCUT2D eigenvalue weighted by Gasteiger charge is 2.20. The molecule has 0 saturated carbocycles. The lowest BCUT2D eigenvalue weighted by Gasteiger charge is -2.32. The normalized spacial score (nSPS) is 15.6. The first kappa shape index (κ1) is 11.7. The number of anilines is 1. The molecule has 0 radical (unpaired) electrons. The van der Waals surface area contributed by atoms with Gasteiger partial charge >= 0.3 is 0 Å². The molecule has 0 bridgehead atoms. The van der Waals surface area contributed by atoms with Gasteiger partial charge in [-0.05, 0) is 12.1 Å². The van der Waals surface area contributed by atoms with Gasteiger partial charge in [0, 0.05) is 26.2 Å². The van der Waals surface area contributed by atoms with Gasteiger partial charge in [0.05, 0.1) is 5.69 Å². The number of amides is 1. The van der Waals surface area contributed by atoms with Gasteiger partial charge < -0.3 is 9.80 Å². The van der Waals surface area contributed by atoms with E-state index in [9.17, 15) is 4.79 Å². The average Bonchev–Trinajstić information content (AvgIpc) is 2.98. The number of aromatic nitrogens is 3. The number of hydrogen-bond donors (Lipinski definition) is 0. The van der Waals surface area contributed by atoms with Crippen LogP contribution in [0.1, 0.15) is 0 Å². The largest absolute Gasteiger partial charge is 0.342 e. The number of piperazine rings is 1. The van der Waals surface area contributed by atoms with Crippen LogP contribution in [-0.4, -0.2) is 52.3 Å². The van der Waals surface area contributed by atoms with Gasteiger partial charge in [0.2, 0.25) is 12.4 Å². The summed E-state index contributed by atoms with van der Waals surface area (Å²) >= 11 is 0. The summed E-state index contributed by atoms with van der Waals surface area (Å²) in [6.45, 7) is 3.02. The van der Waals surface area contributed by atoms with E-state index in [1.807, 2.05) is 35.0 Å². The van der Waals surface area contributed by atoms with Crippen LogP contribution in [0.25, 0.3) is 5.69 Å². The summed E-state index contributed by atoms with van der Waals surface area (Å²) in [6.07, 6.45) is 2.47. The smallest absolute Gasteiger partial charge is 0.228 e. The highest BCUT2D eigenvalue weighted by molar-refractivity contribution is 5.49. The molecular weight excluding hydrogens is 242 g/mol. The summed E-state index contributed by atoms with van der Waals surface area (Å²) in [4.78, 5) is 19.0. The van der Waals surface area contributed by atoms with E-state index in [-0.39, 0.29) is 0 Å². The predicted octanol–water partition coefficient (Wildman–Crippen LogP) is 0.546. The molecule has 1 aromatic carbocycles. The number of para-hydroxylation sites is 1. The highest BCUT2D eigenvalue weighted by Crippen LogP contribution is 2.17. The minimum absolute atomic E-state index is 0.727. The Labute approximate surface area is 111 Å². The van der Waals surface area contributed by atoms with Crippen LogP contribution >= 0.6 is 0 Å². The molecule has 19 heavy (non-hydrogen) atoms. The number of benzene rings is 1. The lowest BCUT2D eigenvalue weighted by Crippen LogP contribution is -2.46. The van der Waals surface area contributed by atoms with Crippen molar-refractivity contribution >= 4 is 12.4 Å². The SMILES string of the molecule is O=CN1CCN(c2ncnn2-c2ccccc2)CC1. The second-order valence-electron chi connectivity index (χ2n) is 4.44. The lowest BCUT2D eigenvalue weighted by atomic mass is 10.3. The second-order valence-corrected chi connectivity index (χ2v) is 4.44. The van der Waals surface area contributed by atoms with Gasteiger partial charge in [0.15, 0.2) is 0 Å². The molecule has 0 atom stereocenters. The first-order valence-corrected chi connectivity index (χ1v) is 6.28. The van der Waals surface area contributed by atoms with Crippen LogP contribution < -0.4 is 4.90 Å². The van der Waals surface area contributed by atoms with E-state index in [4.69, 9.17) is 0 Å². The Hall–Kier alpha value is -2.37. The van der Waals surface area contributed by atoms with E-state index in [0.717, 1.165) is 44.2 Å². The molecule has 1 aliphatic heterocycles. The van der Waals surface area contributed by atoms with Gasteiger partial charge in [0.1, 0.15) is 6.33 Å². The Morgan fingerprint density at radius 3 is 2.47 bits per heavy atom. The first-order valence-electron chi connectivity index (χ1n) is 6.28. The zero-order chi connectivity index (χ0) is 13.1. The van der Waals surface area contributed by atoms with Crippen molar-refractivity contribution in [3.63, 3.8) is 0 Å². The molecule has 1 saturated heterocycles. The fourth-order valence-corrected chi connectivity index (χ4v) is 2.23. The Morgan fingerprint density at radius 1 is 1.05 bits per heavy atom. The third-order valence-electron chi connectivity index (χ3n) is 3.28. The highest BCUT2D eigenvalue weighted by atomic mass is 16.1. The van der Waals surface area contributed by atoms with Gasteiger partial charge in [-0.1, -0.05) is 18.2 Å². The van der Waals surface area contributed by atoms with Gasteiger partial charge in [-0.3, -0.25) is 4.79 Å². The quantitative estimate of drug-likeness (QED) is 0.753. The average molecular weight is 257 g/mol. The summed E-state index contributed by atoms with van der Waals surface area (Å²) in [5.74, 6) is 0.830. The van der Waals surface area contributed by atoms with Crippen LogP contribution in [0.15, 0.2) is 36.7 Å². The van der Waals surface area contributed by atoms with E-state index in [0.29, 0.717) is 0 Å². The van der Waals surface area contributed by atoms with Crippen molar-refractivity contribution in [3.8, 4) is 5.69 Å². The molecule has 1 amide bonds. The molecule has 1 fully saturated rings. The summed E-state index contributed by atoms with van der Waals surface area (Å²) < 4.78 is 1.83. The zero-order valence-corrected chi connectivity index (χ0v) is 10.5. The maximum atomic E-state index is 10.7. The minimum atomic E-state index is 0.727.